The minimum atomic E-state index is -3.74. The van der Waals surface area contributed by atoms with E-state index in [-0.39, 0.29) is 10.8 Å². The monoisotopic (exact) mass is 360 g/mol. The van der Waals surface area contributed by atoms with E-state index in [9.17, 15) is 13.2 Å². The zero-order valence-corrected chi connectivity index (χ0v) is 14.6. The van der Waals surface area contributed by atoms with Gasteiger partial charge in [0.25, 0.3) is 0 Å². The number of anilines is 1. The molecule has 0 saturated heterocycles. The van der Waals surface area contributed by atoms with Crippen LogP contribution in [0.3, 0.4) is 0 Å². The summed E-state index contributed by atoms with van der Waals surface area (Å²) in [5.41, 5.74) is 1.34. The zero-order chi connectivity index (χ0) is 18.3. The maximum absolute atomic E-state index is 11.9. The van der Waals surface area contributed by atoms with Crippen LogP contribution >= 0.6 is 0 Å². The van der Waals surface area contributed by atoms with Gasteiger partial charge in [-0.25, -0.2) is 13.6 Å². The number of nitrogens with two attached hydrogens (primary N) is 1. The molecule has 0 aliphatic heterocycles. The van der Waals surface area contributed by atoms with Crippen LogP contribution in [0.4, 0.5) is 5.69 Å². The van der Waals surface area contributed by atoms with E-state index in [4.69, 9.17) is 9.88 Å². The molecular weight excluding hydrogens is 340 g/mol. The Labute approximate surface area is 147 Å². The molecule has 0 fully saturated rings. The molecule has 0 saturated carbocycles. The van der Waals surface area contributed by atoms with Gasteiger partial charge in [0.05, 0.1) is 11.5 Å². The summed E-state index contributed by atoms with van der Waals surface area (Å²) in [5, 5.41) is 7.67. The SMILES string of the molecule is CCCOc1ccc(/C=C/C(=O)Nc2ccc(S(N)(=O)=O)cc2)cc1. The number of carbonyl (C=O) groups excluding carboxylic acids is 1. The van der Waals surface area contributed by atoms with Gasteiger partial charge < -0.3 is 10.1 Å². The van der Waals surface area contributed by atoms with E-state index in [0.717, 1.165) is 17.7 Å². The number of carbonyl (C=O) groups is 1. The molecular formula is C18H20N2O4S. The number of sulfonamides is 1. The number of hydrogen-bond acceptors (Lipinski definition) is 4. The minimum Gasteiger partial charge on any atom is -0.494 e. The largest absolute Gasteiger partial charge is 0.494 e. The molecule has 25 heavy (non-hydrogen) atoms. The van der Waals surface area contributed by atoms with Gasteiger partial charge in [0, 0.05) is 11.8 Å². The number of nitrogens with one attached hydrogen (secondary N) is 1. The summed E-state index contributed by atoms with van der Waals surface area (Å²) in [6.07, 6.45) is 4.02. The average Bonchev–Trinajstić information content (AvgIpc) is 2.59. The van der Waals surface area contributed by atoms with Gasteiger partial charge >= 0.3 is 0 Å². The Hall–Kier alpha value is -2.64. The summed E-state index contributed by atoms with van der Waals surface area (Å²) in [6, 6.07) is 13.0. The highest BCUT2D eigenvalue weighted by Gasteiger charge is 2.07. The van der Waals surface area contributed by atoms with Gasteiger partial charge in [0.15, 0.2) is 0 Å². The lowest BCUT2D eigenvalue weighted by atomic mass is 10.2. The van der Waals surface area contributed by atoms with Crippen molar-refractivity contribution in [3.05, 3.63) is 60.2 Å². The van der Waals surface area contributed by atoms with Crippen LogP contribution in [0.25, 0.3) is 6.08 Å². The lowest BCUT2D eigenvalue weighted by Crippen LogP contribution is -2.12. The van der Waals surface area contributed by atoms with Crippen molar-refractivity contribution in [1.82, 2.24) is 0 Å². The van der Waals surface area contributed by atoms with Crippen molar-refractivity contribution in [3.8, 4) is 5.75 Å². The molecule has 7 heteroatoms. The molecule has 0 aliphatic rings. The van der Waals surface area contributed by atoms with Crippen LogP contribution in [-0.4, -0.2) is 20.9 Å². The fraction of sp³-hybridized carbons (Fsp3) is 0.167. The highest BCUT2D eigenvalue weighted by Crippen LogP contribution is 2.15. The number of primary sulfonamides is 1. The van der Waals surface area contributed by atoms with E-state index >= 15 is 0 Å². The second-order valence-electron chi connectivity index (χ2n) is 5.31. The Bertz CT molecular complexity index is 842. The van der Waals surface area contributed by atoms with Crippen LogP contribution in [0, 0.1) is 0 Å². The van der Waals surface area contributed by atoms with Crippen molar-refractivity contribution >= 4 is 27.7 Å². The lowest BCUT2D eigenvalue weighted by Gasteiger charge is -2.04. The molecule has 0 spiro atoms. The number of hydrogen-bond donors (Lipinski definition) is 2. The molecule has 132 valence electrons. The smallest absolute Gasteiger partial charge is 0.248 e. The molecule has 2 rings (SSSR count). The van der Waals surface area contributed by atoms with Gasteiger partial charge in [-0.05, 0) is 54.5 Å². The van der Waals surface area contributed by atoms with Crippen LogP contribution in [-0.2, 0) is 14.8 Å². The first kappa shape index (κ1) is 18.7. The summed E-state index contributed by atoms with van der Waals surface area (Å²) in [5.74, 6) is 0.466. The number of ether oxygens (including phenoxy) is 1. The van der Waals surface area contributed by atoms with Crippen molar-refractivity contribution in [2.75, 3.05) is 11.9 Å². The summed E-state index contributed by atoms with van der Waals surface area (Å²) in [6.45, 7) is 2.71. The topological polar surface area (TPSA) is 98.5 Å². The second kappa shape index (κ2) is 8.46. The minimum absolute atomic E-state index is 0.00794. The van der Waals surface area contributed by atoms with E-state index in [1.807, 2.05) is 31.2 Å². The Morgan fingerprint density at radius 2 is 1.76 bits per heavy atom. The average molecular weight is 360 g/mol. The van der Waals surface area contributed by atoms with Gasteiger partial charge in [0.2, 0.25) is 15.9 Å². The quantitative estimate of drug-likeness (QED) is 0.742. The summed E-state index contributed by atoms with van der Waals surface area (Å²) in [7, 11) is -3.74. The number of rotatable bonds is 7. The van der Waals surface area contributed by atoms with Crippen molar-refractivity contribution in [2.45, 2.75) is 18.2 Å². The predicted molar refractivity (Wildman–Crippen MR) is 97.7 cm³/mol. The highest BCUT2D eigenvalue weighted by molar-refractivity contribution is 7.89. The summed E-state index contributed by atoms with van der Waals surface area (Å²) < 4.78 is 27.8. The van der Waals surface area contributed by atoms with E-state index < -0.39 is 10.0 Å². The van der Waals surface area contributed by atoms with Crippen LogP contribution in [0.1, 0.15) is 18.9 Å². The fourth-order valence-corrected chi connectivity index (χ4v) is 2.49. The summed E-state index contributed by atoms with van der Waals surface area (Å²) in [4.78, 5) is 11.9. The van der Waals surface area contributed by atoms with E-state index in [1.54, 1.807) is 6.08 Å². The second-order valence-corrected chi connectivity index (χ2v) is 6.87. The van der Waals surface area contributed by atoms with Gasteiger partial charge in [0.1, 0.15) is 5.75 Å². The fourth-order valence-electron chi connectivity index (χ4n) is 1.98. The Morgan fingerprint density at radius 3 is 2.32 bits per heavy atom. The van der Waals surface area contributed by atoms with Crippen LogP contribution < -0.4 is 15.2 Å². The Kier molecular flexibility index (Phi) is 6.32. The Balaban J connectivity index is 1.94. The summed E-state index contributed by atoms with van der Waals surface area (Å²) >= 11 is 0. The van der Waals surface area contributed by atoms with Crippen molar-refractivity contribution in [3.63, 3.8) is 0 Å². The standard InChI is InChI=1S/C18H20N2O4S/c1-2-13-24-16-8-3-14(4-9-16)5-12-18(21)20-15-6-10-17(11-7-15)25(19,22)23/h3-12H,2,13H2,1H3,(H,20,21)(H2,19,22,23)/b12-5+. The van der Waals surface area contributed by atoms with E-state index in [2.05, 4.69) is 5.32 Å². The molecule has 0 unspecified atom stereocenters. The molecule has 6 nitrogen and oxygen atoms in total. The first-order valence-electron chi connectivity index (χ1n) is 7.73. The third kappa shape index (κ3) is 6.06. The zero-order valence-electron chi connectivity index (χ0n) is 13.8. The third-order valence-electron chi connectivity index (χ3n) is 3.23. The van der Waals surface area contributed by atoms with E-state index in [1.165, 1.54) is 30.3 Å². The first-order chi connectivity index (χ1) is 11.9. The maximum Gasteiger partial charge on any atom is 0.248 e. The van der Waals surface area contributed by atoms with Gasteiger partial charge in [-0.2, -0.15) is 0 Å². The molecule has 0 aliphatic carbocycles. The van der Waals surface area contributed by atoms with E-state index in [0.29, 0.717) is 12.3 Å². The van der Waals surface area contributed by atoms with Crippen LogP contribution in [0.5, 0.6) is 5.75 Å². The van der Waals surface area contributed by atoms with Gasteiger partial charge in [-0.15, -0.1) is 0 Å². The number of benzene rings is 2. The molecule has 0 atom stereocenters. The third-order valence-corrected chi connectivity index (χ3v) is 4.16. The lowest BCUT2D eigenvalue weighted by molar-refractivity contribution is -0.111. The molecule has 2 aromatic carbocycles. The molecule has 1 amide bonds. The molecule has 0 heterocycles. The van der Waals surface area contributed by atoms with Crippen molar-refractivity contribution in [1.29, 1.82) is 0 Å². The molecule has 2 aromatic rings. The molecule has 0 bridgehead atoms. The van der Waals surface area contributed by atoms with Crippen LogP contribution in [0.2, 0.25) is 0 Å². The molecule has 0 aromatic heterocycles. The van der Waals surface area contributed by atoms with Gasteiger partial charge in [-0.3, -0.25) is 4.79 Å². The maximum atomic E-state index is 11.9. The molecule has 0 radical (unpaired) electrons. The normalized spacial score (nSPS) is 11.4. The van der Waals surface area contributed by atoms with Crippen LogP contribution in [0.15, 0.2) is 59.5 Å². The predicted octanol–water partition coefficient (Wildman–Crippen LogP) is 2.77. The van der Waals surface area contributed by atoms with Gasteiger partial charge in [-0.1, -0.05) is 19.1 Å². The molecule has 3 N–H and O–H groups in total. The highest BCUT2D eigenvalue weighted by atomic mass is 32.2. The number of amides is 1. The van der Waals surface area contributed by atoms with Crippen molar-refractivity contribution in [2.24, 2.45) is 5.14 Å². The van der Waals surface area contributed by atoms with Crippen molar-refractivity contribution < 1.29 is 17.9 Å². The Morgan fingerprint density at radius 1 is 1.12 bits per heavy atom. The first-order valence-corrected chi connectivity index (χ1v) is 9.28.